The fraction of sp³-hybridized carbons (Fsp3) is 0.375. The van der Waals surface area contributed by atoms with Crippen molar-refractivity contribution in [3.05, 3.63) is 76.0 Å². The van der Waals surface area contributed by atoms with Gasteiger partial charge in [0.25, 0.3) is 0 Å². The van der Waals surface area contributed by atoms with Crippen molar-refractivity contribution in [3.8, 4) is 0 Å². The van der Waals surface area contributed by atoms with Crippen LogP contribution in [0.25, 0.3) is 5.70 Å². The molecule has 2 rings (SSSR count). The van der Waals surface area contributed by atoms with Crippen molar-refractivity contribution in [3.63, 3.8) is 0 Å². The average Bonchev–Trinajstić information content (AvgIpc) is 2.68. The topological polar surface area (TPSA) is 87.4 Å². The quantitative estimate of drug-likeness (QED) is 0.465. The highest BCUT2D eigenvalue weighted by molar-refractivity contribution is 5.78. The molecule has 29 heavy (non-hydrogen) atoms. The fourth-order valence-electron chi connectivity index (χ4n) is 3.29. The second-order valence-corrected chi connectivity index (χ2v) is 7.97. The van der Waals surface area contributed by atoms with E-state index in [9.17, 15) is 9.90 Å². The molecule has 0 aromatic heterocycles. The molecule has 0 saturated carbocycles. The van der Waals surface area contributed by atoms with Gasteiger partial charge in [0, 0.05) is 31.9 Å². The van der Waals surface area contributed by atoms with Crippen LogP contribution in [-0.4, -0.2) is 30.6 Å². The predicted octanol–water partition coefficient (Wildman–Crippen LogP) is 2.99. The zero-order valence-corrected chi connectivity index (χ0v) is 17.9. The smallest absolute Gasteiger partial charge is 0.150 e. The highest BCUT2D eigenvalue weighted by Gasteiger charge is 2.13. The standard InChI is InChI=1S/C24H33N3O2/c1-5-18-11-21(13-27-16-24(2,3)29)22(15-28)12-20(18)10-17-6-8-19(9-7-17)23(25)14-26-4/h6-9,11-12,14-15,26-27,29H,5,10,13,16,25H2,1-4H3/b23-14-. The molecule has 156 valence electrons. The van der Waals surface area contributed by atoms with Gasteiger partial charge in [-0.2, -0.15) is 0 Å². The van der Waals surface area contributed by atoms with Gasteiger partial charge in [-0.05, 0) is 60.6 Å². The number of rotatable bonds is 10. The number of nitrogens with two attached hydrogens (primary N) is 1. The molecule has 0 atom stereocenters. The van der Waals surface area contributed by atoms with Crippen molar-refractivity contribution in [1.29, 1.82) is 0 Å². The first kappa shape index (κ1) is 22.7. The second kappa shape index (κ2) is 10.2. The van der Waals surface area contributed by atoms with Crippen LogP contribution in [0.2, 0.25) is 0 Å². The molecule has 0 aliphatic rings. The molecule has 0 amide bonds. The van der Waals surface area contributed by atoms with Crippen molar-refractivity contribution in [1.82, 2.24) is 10.6 Å². The lowest BCUT2D eigenvalue weighted by atomic mass is 9.92. The Morgan fingerprint density at radius 2 is 1.83 bits per heavy atom. The average molecular weight is 396 g/mol. The van der Waals surface area contributed by atoms with E-state index in [0.717, 1.165) is 35.8 Å². The monoisotopic (exact) mass is 395 g/mol. The maximum absolute atomic E-state index is 11.7. The number of nitrogens with one attached hydrogen (secondary N) is 2. The lowest BCUT2D eigenvalue weighted by molar-refractivity contribution is 0.0795. The predicted molar refractivity (Wildman–Crippen MR) is 120 cm³/mol. The van der Waals surface area contributed by atoms with Gasteiger partial charge in [0.1, 0.15) is 6.29 Å². The Bertz CT molecular complexity index is 850. The maximum Gasteiger partial charge on any atom is 0.150 e. The molecule has 0 fully saturated rings. The Kier molecular flexibility index (Phi) is 8.00. The van der Waals surface area contributed by atoms with Crippen LogP contribution in [0.1, 0.15) is 58.9 Å². The van der Waals surface area contributed by atoms with Gasteiger partial charge in [-0.1, -0.05) is 37.3 Å². The van der Waals surface area contributed by atoms with Crippen molar-refractivity contribution < 1.29 is 9.90 Å². The third-order valence-corrected chi connectivity index (χ3v) is 4.82. The molecule has 5 N–H and O–H groups in total. The SMILES string of the molecule is CCc1cc(CNCC(C)(C)O)c(C=O)cc1Cc1ccc(/C(N)=C/NC)cc1. The largest absolute Gasteiger partial charge is 0.397 e. The first-order valence-corrected chi connectivity index (χ1v) is 10.0. The molecule has 2 aromatic rings. The van der Waals surface area contributed by atoms with Crippen LogP contribution in [0.5, 0.6) is 0 Å². The number of hydrogen-bond acceptors (Lipinski definition) is 5. The molecule has 0 bridgehead atoms. The van der Waals surface area contributed by atoms with E-state index in [1.165, 1.54) is 11.1 Å². The van der Waals surface area contributed by atoms with Crippen molar-refractivity contribution in [2.75, 3.05) is 13.6 Å². The van der Waals surface area contributed by atoms with Gasteiger partial charge in [-0.3, -0.25) is 4.79 Å². The minimum absolute atomic E-state index is 0.464. The van der Waals surface area contributed by atoms with Gasteiger partial charge in [-0.15, -0.1) is 0 Å². The highest BCUT2D eigenvalue weighted by atomic mass is 16.3. The molecular weight excluding hydrogens is 362 g/mol. The van der Waals surface area contributed by atoms with E-state index >= 15 is 0 Å². The van der Waals surface area contributed by atoms with Gasteiger partial charge in [0.2, 0.25) is 0 Å². The summed E-state index contributed by atoms with van der Waals surface area (Å²) >= 11 is 0. The molecular formula is C24H33N3O2. The molecule has 0 aliphatic heterocycles. The van der Waals surface area contributed by atoms with E-state index < -0.39 is 5.60 Å². The summed E-state index contributed by atoms with van der Waals surface area (Å²) in [7, 11) is 1.82. The number of aldehydes is 1. The van der Waals surface area contributed by atoms with Gasteiger partial charge in [0.05, 0.1) is 11.3 Å². The number of carbonyl (C=O) groups is 1. The van der Waals surface area contributed by atoms with Crippen molar-refractivity contribution >= 4 is 12.0 Å². The summed E-state index contributed by atoms with van der Waals surface area (Å²) in [6.45, 7) is 6.66. The number of aryl methyl sites for hydroxylation is 1. The molecule has 5 nitrogen and oxygen atoms in total. The zero-order chi connectivity index (χ0) is 21.4. The van der Waals surface area contributed by atoms with E-state index in [1.807, 2.05) is 25.2 Å². The zero-order valence-electron chi connectivity index (χ0n) is 17.9. The normalized spacial score (nSPS) is 12.1. The molecule has 0 saturated heterocycles. The van der Waals surface area contributed by atoms with E-state index in [4.69, 9.17) is 5.73 Å². The molecule has 5 heteroatoms. The maximum atomic E-state index is 11.7. The summed E-state index contributed by atoms with van der Waals surface area (Å²) < 4.78 is 0. The third kappa shape index (κ3) is 6.73. The fourth-order valence-corrected chi connectivity index (χ4v) is 3.29. The first-order valence-electron chi connectivity index (χ1n) is 10.0. The summed E-state index contributed by atoms with van der Waals surface area (Å²) in [5.74, 6) is 0. The van der Waals surface area contributed by atoms with Crippen LogP contribution in [-0.2, 0) is 19.4 Å². The van der Waals surface area contributed by atoms with Crippen LogP contribution in [0.3, 0.4) is 0 Å². The van der Waals surface area contributed by atoms with Gasteiger partial charge in [-0.25, -0.2) is 0 Å². The first-order chi connectivity index (χ1) is 13.8. The minimum atomic E-state index is -0.785. The van der Waals surface area contributed by atoms with Gasteiger partial charge < -0.3 is 21.5 Å². The lowest BCUT2D eigenvalue weighted by Gasteiger charge is -2.19. The summed E-state index contributed by atoms with van der Waals surface area (Å²) in [6.07, 6.45) is 4.34. The Morgan fingerprint density at radius 3 is 2.38 bits per heavy atom. The molecule has 2 aromatic carbocycles. The summed E-state index contributed by atoms with van der Waals surface area (Å²) in [4.78, 5) is 11.7. The van der Waals surface area contributed by atoms with Crippen LogP contribution in [0.4, 0.5) is 0 Å². The third-order valence-electron chi connectivity index (χ3n) is 4.82. The summed E-state index contributed by atoms with van der Waals surface area (Å²) in [5.41, 5.74) is 12.1. The minimum Gasteiger partial charge on any atom is -0.397 e. The van der Waals surface area contributed by atoms with Gasteiger partial charge in [0.15, 0.2) is 0 Å². The molecule has 0 radical (unpaired) electrons. The van der Waals surface area contributed by atoms with Crippen molar-refractivity contribution in [2.24, 2.45) is 5.73 Å². The van der Waals surface area contributed by atoms with Crippen LogP contribution in [0.15, 0.2) is 42.6 Å². The number of hydrogen-bond donors (Lipinski definition) is 4. The Hall–Kier alpha value is -2.63. The van der Waals surface area contributed by atoms with Crippen LogP contribution in [0, 0.1) is 0 Å². The number of carbonyl (C=O) groups excluding carboxylic acids is 1. The van der Waals surface area contributed by atoms with Gasteiger partial charge >= 0.3 is 0 Å². The van der Waals surface area contributed by atoms with E-state index in [-0.39, 0.29) is 0 Å². The highest BCUT2D eigenvalue weighted by Crippen LogP contribution is 2.21. The van der Waals surface area contributed by atoms with E-state index in [2.05, 4.69) is 35.8 Å². The van der Waals surface area contributed by atoms with E-state index in [1.54, 1.807) is 20.0 Å². The van der Waals surface area contributed by atoms with Crippen LogP contribution < -0.4 is 16.4 Å². The lowest BCUT2D eigenvalue weighted by Crippen LogP contribution is -2.34. The number of aliphatic hydroxyl groups is 1. The second-order valence-electron chi connectivity index (χ2n) is 7.97. The summed E-state index contributed by atoms with van der Waals surface area (Å²) in [6, 6.07) is 12.3. The summed E-state index contributed by atoms with van der Waals surface area (Å²) in [5, 5.41) is 16.0. The Morgan fingerprint density at radius 1 is 1.14 bits per heavy atom. The molecule has 0 spiro atoms. The van der Waals surface area contributed by atoms with Crippen LogP contribution >= 0.6 is 0 Å². The molecule has 0 heterocycles. The van der Waals surface area contributed by atoms with Crippen molar-refractivity contribution in [2.45, 2.75) is 45.8 Å². The molecule has 0 aliphatic carbocycles. The number of benzene rings is 2. The van der Waals surface area contributed by atoms with E-state index in [0.29, 0.717) is 24.4 Å². The Balaban J connectivity index is 2.22. The Labute approximate surface area is 174 Å². The molecule has 0 unspecified atom stereocenters.